The molecule has 132 valence electrons. The summed E-state index contributed by atoms with van der Waals surface area (Å²) in [7, 11) is 0.299. The summed E-state index contributed by atoms with van der Waals surface area (Å²) in [5.74, 6) is 1.61. The van der Waals surface area contributed by atoms with E-state index >= 15 is 0 Å². The molecule has 5 nitrogen and oxygen atoms in total. The van der Waals surface area contributed by atoms with Crippen LogP contribution in [0.4, 0.5) is 0 Å². The molecule has 0 spiro atoms. The van der Waals surface area contributed by atoms with Gasteiger partial charge in [-0.25, -0.2) is 0 Å². The second-order valence-corrected chi connectivity index (χ2v) is 8.56. The second kappa shape index (κ2) is 16.8. The molecule has 8 heteroatoms. The first-order chi connectivity index (χ1) is 11.1. The molecule has 0 amide bonds. The van der Waals surface area contributed by atoms with Crippen LogP contribution in [0.5, 0.6) is 5.75 Å². The number of hydrogen-bond donors (Lipinski definition) is 2. The molecule has 0 aliphatic carbocycles. The lowest BCUT2D eigenvalue weighted by atomic mass is 10.2. The molecule has 1 rings (SSSR count). The first kappa shape index (κ1) is 22.9. The van der Waals surface area contributed by atoms with Gasteiger partial charge in [-0.15, -0.1) is 0 Å². The zero-order valence-electron chi connectivity index (χ0n) is 13.3. The van der Waals surface area contributed by atoms with E-state index in [-0.39, 0.29) is 6.04 Å². The molecule has 0 bridgehead atoms. The van der Waals surface area contributed by atoms with Gasteiger partial charge < -0.3 is 19.9 Å². The number of nitrogens with two attached hydrogens (primary N) is 1. The summed E-state index contributed by atoms with van der Waals surface area (Å²) in [6, 6.07) is 9.68. The summed E-state index contributed by atoms with van der Waals surface area (Å²) in [6.07, 6.45) is 3.75. The predicted octanol–water partition coefficient (Wildman–Crippen LogP) is 4.13. The van der Waals surface area contributed by atoms with Crippen molar-refractivity contribution >= 4 is 45.0 Å². The van der Waals surface area contributed by atoms with Gasteiger partial charge in [0, 0.05) is 18.0 Å². The Hall–Kier alpha value is -0.0800. The summed E-state index contributed by atoms with van der Waals surface area (Å²) in [6.45, 7) is 2.99. The molecule has 2 unspecified atom stereocenters. The highest BCUT2D eigenvalue weighted by molar-refractivity contribution is 14.2. The van der Waals surface area contributed by atoms with Crippen LogP contribution in [0.3, 0.4) is 0 Å². The third-order valence-electron chi connectivity index (χ3n) is 2.56. The van der Waals surface area contributed by atoms with Gasteiger partial charge in [0.1, 0.15) is 12.4 Å². The van der Waals surface area contributed by atoms with Crippen molar-refractivity contribution in [3.8, 4) is 5.75 Å². The largest absolute Gasteiger partial charge is 0.467 e. The fraction of sp³-hybridized carbons (Fsp3) is 0.533. The van der Waals surface area contributed by atoms with E-state index in [0.717, 1.165) is 36.9 Å². The van der Waals surface area contributed by atoms with E-state index in [0.29, 0.717) is 13.1 Å². The van der Waals surface area contributed by atoms with Crippen LogP contribution in [0, 0.1) is 0 Å². The maximum atomic E-state index is 9.68. The van der Waals surface area contributed by atoms with E-state index < -0.39 is 8.38 Å². The lowest BCUT2D eigenvalue weighted by Gasteiger charge is -2.12. The maximum absolute atomic E-state index is 9.68. The van der Waals surface area contributed by atoms with Crippen LogP contribution in [0.2, 0.25) is 0 Å². The van der Waals surface area contributed by atoms with Crippen molar-refractivity contribution in [1.82, 2.24) is 0 Å². The summed E-state index contributed by atoms with van der Waals surface area (Å²) in [5, 5.41) is 0. The van der Waals surface area contributed by atoms with Gasteiger partial charge in [0.15, 0.2) is 0 Å². The Morgan fingerprint density at radius 1 is 1.39 bits per heavy atom. The van der Waals surface area contributed by atoms with Gasteiger partial charge in [0.05, 0.1) is 0 Å². The molecule has 0 radical (unpaired) electrons. The fourth-order valence-corrected chi connectivity index (χ4v) is 3.14. The average molecular weight is 473 g/mol. The number of hydrogen-bond acceptors (Lipinski definition) is 6. The topological polar surface area (TPSA) is 81.8 Å². The van der Waals surface area contributed by atoms with E-state index in [1.54, 1.807) is 8.93 Å². The Bertz CT molecular complexity index is 387. The Morgan fingerprint density at radius 3 is 2.65 bits per heavy atom. The number of rotatable bonds is 11. The van der Waals surface area contributed by atoms with E-state index in [1.165, 1.54) is 0 Å². The molecule has 23 heavy (non-hydrogen) atoms. The molecular formula is C15H25INO4PS. The van der Waals surface area contributed by atoms with Gasteiger partial charge >= 0.3 is 0 Å². The van der Waals surface area contributed by atoms with Crippen molar-refractivity contribution in [1.29, 1.82) is 0 Å². The van der Waals surface area contributed by atoms with Crippen molar-refractivity contribution < 1.29 is 18.9 Å². The minimum Gasteiger partial charge on any atom is -0.467 e. The summed E-state index contributed by atoms with van der Waals surface area (Å²) >= 11 is 2.15. The number of para-hydroxylation sites is 1. The van der Waals surface area contributed by atoms with Crippen molar-refractivity contribution in [3.05, 3.63) is 30.3 Å². The number of halogens is 1. The van der Waals surface area contributed by atoms with Crippen LogP contribution in [-0.2, 0) is 9.53 Å². The number of ether oxygens (including phenoxy) is 1. The van der Waals surface area contributed by atoms with Crippen LogP contribution >= 0.6 is 38.5 Å². The molecule has 0 saturated carbocycles. The molecule has 0 aliphatic heterocycles. The van der Waals surface area contributed by atoms with Crippen LogP contribution in [0.25, 0.3) is 0 Å². The smallest absolute Gasteiger partial charge is 0.293 e. The van der Waals surface area contributed by atoms with Gasteiger partial charge in [-0.3, -0.25) is 4.79 Å². The standard InChI is InChI=1S/C12H20NO2P.C3H5IO2S/c1-11(13)7-5-6-10-16(14)15-12-8-3-2-4-9-12;4-7-2-1-6-3-5/h2-4,8-9,11,14H,5-7,10,13H2,1H3;3H,1-2H2. The van der Waals surface area contributed by atoms with Crippen LogP contribution < -0.4 is 10.3 Å². The highest BCUT2D eigenvalue weighted by Gasteiger charge is 2.06. The number of carbonyl (C=O) groups excluding carboxylic acids is 1. The molecule has 0 aliphatic rings. The van der Waals surface area contributed by atoms with Crippen LogP contribution in [0.1, 0.15) is 26.2 Å². The third kappa shape index (κ3) is 16.6. The van der Waals surface area contributed by atoms with Gasteiger partial charge in [-0.05, 0) is 53.1 Å². The Kier molecular flexibility index (Phi) is 16.7. The zero-order valence-corrected chi connectivity index (χ0v) is 17.1. The van der Waals surface area contributed by atoms with Gasteiger partial charge in [-0.2, -0.15) is 0 Å². The number of carbonyl (C=O) groups is 1. The van der Waals surface area contributed by atoms with E-state index in [1.807, 2.05) is 37.3 Å². The maximum Gasteiger partial charge on any atom is 0.293 e. The first-order valence-electron chi connectivity index (χ1n) is 7.34. The second-order valence-electron chi connectivity index (χ2n) is 4.73. The first-order valence-corrected chi connectivity index (χ1v) is 12.3. The van der Waals surface area contributed by atoms with Crippen molar-refractivity contribution in [2.45, 2.75) is 32.2 Å². The summed E-state index contributed by atoms with van der Waals surface area (Å²) in [5.41, 5.74) is 5.64. The SMILES string of the molecule is CC(N)CCCCP(O)Oc1ccccc1.O=COCCSI. The normalized spacial score (nSPS) is 12.5. The monoisotopic (exact) mass is 473 g/mol. The van der Waals surface area contributed by atoms with Crippen molar-refractivity contribution in [3.63, 3.8) is 0 Å². The highest BCUT2D eigenvalue weighted by Crippen LogP contribution is 2.34. The zero-order chi connectivity index (χ0) is 17.3. The van der Waals surface area contributed by atoms with E-state index in [4.69, 9.17) is 10.3 Å². The Labute approximate surface area is 156 Å². The van der Waals surface area contributed by atoms with Gasteiger partial charge in [-0.1, -0.05) is 33.6 Å². The molecule has 0 fully saturated rings. The minimum absolute atomic E-state index is 0.250. The quantitative estimate of drug-likeness (QED) is 0.218. The molecule has 1 aromatic carbocycles. The third-order valence-corrected chi connectivity index (χ3v) is 5.32. The predicted molar refractivity (Wildman–Crippen MR) is 107 cm³/mol. The Balaban J connectivity index is 0.000000585. The van der Waals surface area contributed by atoms with Gasteiger partial charge in [0.25, 0.3) is 6.47 Å². The molecule has 1 aromatic rings. The Morgan fingerprint density at radius 2 is 2.09 bits per heavy atom. The van der Waals surface area contributed by atoms with Gasteiger partial charge in [0.2, 0.25) is 8.38 Å². The molecule has 3 N–H and O–H groups in total. The van der Waals surface area contributed by atoms with Crippen molar-refractivity contribution in [2.75, 3.05) is 18.5 Å². The molecule has 2 atom stereocenters. The van der Waals surface area contributed by atoms with Crippen LogP contribution in [0.15, 0.2) is 30.3 Å². The number of unbranched alkanes of at least 4 members (excludes halogenated alkanes) is 1. The number of benzene rings is 1. The highest BCUT2D eigenvalue weighted by atomic mass is 127. The minimum atomic E-state index is -1.33. The lowest BCUT2D eigenvalue weighted by molar-refractivity contribution is -0.128. The summed E-state index contributed by atoms with van der Waals surface area (Å²) in [4.78, 5) is 19.1. The summed E-state index contributed by atoms with van der Waals surface area (Å²) < 4.78 is 9.78. The van der Waals surface area contributed by atoms with Crippen molar-refractivity contribution in [2.24, 2.45) is 5.73 Å². The molecular weight excluding hydrogens is 448 g/mol. The molecule has 0 saturated heterocycles. The van der Waals surface area contributed by atoms with E-state index in [9.17, 15) is 9.69 Å². The average Bonchev–Trinajstić information content (AvgIpc) is 2.53. The fourth-order valence-electron chi connectivity index (χ4n) is 1.49. The molecule has 0 heterocycles. The lowest BCUT2D eigenvalue weighted by Crippen LogP contribution is -2.14. The molecule has 0 aromatic heterocycles. The van der Waals surface area contributed by atoms with E-state index in [2.05, 4.69) is 25.9 Å². The van der Waals surface area contributed by atoms with Crippen LogP contribution in [-0.4, -0.2) is 35.9 Å².